The molecule has 6 heteroatoms. The molecule has 1 amide bonds. The molecule has 5 rings (SSSR count). The Hall–Kier alpha value is -4.84. The Bertz CT molecular complexity index is 1400. The fraction of sp³-hybridized carbons (Fsp3) is 0.0345. The minimum Gasteiger partial charge on any atom is -0.508 e. The molecule has 1 aliphatic heterocycles. The van der Waals surface area contributed by atoms with Crippen LogP contribution in [0.2, 0.25) is 0 Å². The molecule has 35 heavy (non-hydrogen) atoms. The highest BCUT2D eigenvalue weighted by molar-refractivity contribution is 6.51. The van der Waals surface area contributed by atoms with Crippen LogP contribution in [0.4, 0.5) is 5.69 Å². The largest absolute Gasteiger partial charge is 0.508 e. The van der Waals surface area contributed by atoms with E-state index in [-0.39, 0.29) is 17.1 Å². The molecule has 1 aliphatic rings. The Kier molecular flexibility index (Phi) is 5.77. The molecule has 0 aliphatic carbocycles. The molecule has 0 radical (unpaired) electrons. The zero-order valence-electron chi connectivity index (χ0n) is 18.5. The van der Waals surface area contributed by atoms with Gasteiger partial charge in [0.1, 0.15) is 23.0 Å². The predicted octanol–water partition coefficient (Wildman–Crippen LogP) is 5.81. The van der Waals surface area contributed by atoms with Crippen LogP contribution in [-0.2, 0) is 9.59 Å². The average molecular weight is 463 g/mol. The van der Waals surface area contributed by atoms with E-state index in [1.54, 1.807) is 66.7 Å². The summed E-state index contributed by atoms with van der Waals surface area (Å²) in [7, 11) is 0. The zero-order valence-corrected chi connectivity index (χ0v) is 18.5. The van der Waals surface area contributed by atoms with Gasteiger partial charge in [-0.05, 0) is 54.1 Å². The Morgan fingerprint density at radius 3 is 1.91 bits per heavy atom. The van der Waals surface area contributed by atoms with Crippen LogP contribution in [0.15, 0.2) is 115 Å². The first-order valence-electron chi connectivity index (χ1n) is 11.0. The quantitative estimate of drug-likeness (QED) is 0.222. The van der Waals surface area contributed by atoms with Crippen molar-refractivity contribution in [3.63, 3.8) is 0 Å². The van der Waals surface area contributed by atoms with Crippen LogP contribution < -0.4 is 9.64 Å². The van der Waals surface area contributed by atoms with E-state index >= 15 is 0 Å². The van der Waals surface area contributed by atoms with Gasteiger partial charge in [0.25, 0.3) is 11.7 Å². The molecular formula is C29H21NO5. The molecule has 0 aromatic heterocycles. The molecule has 1 heterocycles. The van der Waals surface area contributed by atoms with Crippen LogP contribution in [0, 0.1) is 0 Å². The lowest BCUT2D eigenvalue weighted by Gasteiger charge is -2.25. The third-order valence-electron chi connectivity index (χ3n) is 5.79. The van der Waals surface area contributed by atoms with Crippen molar-refractivity contribution < 1.29 is 24.5 Å². The van der Waals surface area contributed by atoms with E-state index in [1.165, 1.54) is 17.0 Å². The van der Waals surface area contributed by atoms with Gasteiger partial charge in [-0.3, -0.25) is 14.5 Å². The first-order chi connectivity index (χ1) is 17.0. The van der Waals surface area contributed by atoms with E-state index in [0.717, 1.165) is 0 Å². The van der Waals surface area contributed by atoms with Gasteiger partial charge in [0, 0.05) is 11.3 Å². The summed E-state index contributed by atoms with van der Waals surface area (Å²) in [5.41, 5.74) is 1.46. The van der Waals surface area contributed by atoms with Crippen LogP contribution >= 0.6 is 0 Å². The summed E-state index contributed by atoms with van der Waals surface area (Å²) in [5, 5.41) is 20.8. The van der Waals surface area contributed by atoms with Crippen molar-refractivity contribution in [1.82, 2.24) is 0 Å². The van der Waals surface area contributed by atoms with Gasteiger partial charge in [-0.25, -0.2) is 0 Å². The Balaban J connectivity index is 1.58. The molecule has 4 aromatic rings. The molecule has 6 nitrogen and oxygen atoms in total. The number of aromatic hydroxyl groups is 1. The fourth-order valence-electron chi connectivity index (χ4n) is 4.12. The van der Waals surface area contributed by atoms with Crippen molar-refractivity contribution in [2.24, 2.45) is 0 Å². The molecule has 2 N–H and O–H groups in total. The number of phenolic OH excluding ortho intramolecular Hbond substituents is 1. The highest BCUT2D eigenvalue weighted by Crippen LogP contribution is 2.42. The summed E-state index contributed by atoms with van der Waals surface area (Å²) in [4.78, 5) is 27.8. The number of carbonyl (C=O) groups excluding carboxylic acids is 2. The van der Waals surface area contributed by atoms with Gasteiger partial charge in [0.05, 0.1) is 11.6 Å². The number of rotatable bonds is 5. The molecular weight excluding hydrogens is 442 g/mol. The Morgan fingerprint density at radius 1 is 0.714 bits per heavy atom. The molecule has 0 bridgehead atoms. The molecule has 0 spiro atoms. The molecule has 4 aromatic carbocycles. The number of phenols is 1. The maximum atomic E-state index is 13.2. The lowest BCUT2D eigenvalue weighted by atomic mass is 9.95. The van der Waals surface area contributed by atoms with E-state index < -0.39 is 17.7 Å². The molecule has 172 valence electrons. The Morgan fingerprint density at radius 2 is 1.29 bits per heavy atom. The number of Topliss-reactive ketones (excluding diaryl/α,β-unsaturated/α-hetero) is 1. The number of anilines is 1. The highest BCUT2D eigenvalue weighted by Gasteiger charge is 2.46. The number of para-hydroxylation sites is 1. The maximum Gasteiger partial charge on any atom is 0.300 e. The van der Waals surface area contributed by atoms with Crippen LogP contribution in [0.5, 0.6) is 17.2 Å². The number of nitrogens with zero attached hydrogens (tertiary/aromatic N) is 1. The van der Waals surface area contributed by atoms with Gasteiger partial charge in [-0.1, -0.05) is 60.7 Å². The van der Waals surface area contributed by atoms with E-state index in [2.05, 4.69) is 0 Å². The van der Waals surface area contributed by atoms with Crippen molar-refractivity contribution in [1.29, 1.82) is 0 Å². The van der Waals surface area contributed by atoms with Crippen molar-refractivity contribution >= 4 is 23.1 Å². The summed E-state index contributed by atoms with van der Waals surface area (Å²) in [5.74, 6) is -0.495. The SMILES string of the molecule is O=C1C(=O)N(c2ccc(Oc3ccccc3)cc2)C(c2ccc(O)cc2)/C1=C(\O)c1ccccc1. The van der Waals surface area contributed by atoms with Crippen LogP contribution in [-0.4, -0.2) is 21.9 Å². The van der Waals surface area contributed by atoms with Gasteiger partial charge in [-0.15, -0.1) is 0 Å². The number of ketones is 1. The number of hydrogen-bond acceptors (Lipinski definition) is 5. The topological polar surface area (TPSA) is 87.1 Å². The third-order valence-corrected chi connectivity index (χ3v) is 5.79. The average Bonchev–Trinajstić information content (AvgIpc) is 3.16. The zero-order chi connectivity index (χ0) is 24.4. The predicted molar refractivity (Wildman–Crippen MR) is 132 cm³/mol. The second-order valence-electron chi connectivity index (χ2n) is 8.04. The molecule has 1 atom stereocenters. The van der Waals surface area contributed by atoms with E-state index in [4.69, 9.17) is 4.74 Å². The number of benzene rings is 4. The number of ether oxygens (including phenoxy) is 1. The van der Waals surface area contributed by atoms with Crippen LogP contribution in [0.1, 0.15) is 17.2 Å². The van der Waals surface area contributed by atoms with Crippen LogP contribution in [0.3, 0.4) is 0 Å². The van der Waals surface area contributed by atoms with Crippen molar-refractivity contribution in [2.75, 3.05) is 4.90 Å². The third kappa shape index (κ3) is 4.25. The normalized spacial score (nSPS) is 16.9. The summed E-state index contributed by atoms with van der Waals surface area (Å²) >= 11 is 0. The number of carbonyl (C=O) groups is 2. The molecule has 1 unspecified atom stereocenters. The van der Waals surface area contributed by atoms with Crippen molar-refractivity contribution in [3.05, 3.63) is 126 Å². The Labute approximate surface area is 202 Å². The van der Waals surface area contributed by atoms with E-state index in [1.807, 2.05) is 30.3 Å². The minimum atomic E-state index is -0.878. The number of amides is 1. The molecule has 1 saturated heterocycles. The van der Waals surface area contributed by atoms with E-state index in [9.17, 15) is 19.8 Å². The lowest BCUT2D eigenvalue weighted by Crippen LogP contribution is -2.29. The second kappa shape index (κ2) is 9.19. The first kappa shape index (κ1) is 22.0. The standard InChI is InChI=1S/C29H21NO5/c31-22-15-11-19(12-16-22)26-25(27(32)20-7-3-1-4-8-20)28(33)29(34)30(26)21-13-17-24(18-14-21)35-23-9-5-2-6-10-23/h1-18,26,31-32H/b27-25+. The summed E-state index contributed by atoms with van der Waals surface area (Å²) in [6, 6.07) is 30.1. The van der Waals surface area contributed by atoms with Gasteiger partial charge in [0.2, 0.25) is 0 Å². The summed E-state index contributed by atoms with van der Waals surface area (Å²) in [6.45, 7) is 0. The van der Waals surface area contributed by atoms with Gasteiger partial charge >= 0.3 is 0 Å². The van der Waals surface area contributed by atoms with Gasteiger partial charge < -0.3 is 14.9 Å². The van der Waals surface area contributed by atoms with E-state index in [0.29, 0.717) is 28.3 Å². The highest BCUT2D eigenvalue weighted by atomic mass is 16.5. The summed E-state index contributed by atoms with van der Waals surface area (Å²) < 4.78 is 5.84. The lowest BCUT2D eigenvalue weighted by molar-refractivity contribution is -0.132. The monoisotopic (exact) mass is 463 g/mol. The minimum absolute atomic E-state index is 0.0171. The van der Waals surface area contributed by atoms with Crippen molar-refractivity contribution in [2.45, 2.75) is 6.04 Å². The molecule has 0 saturated carbocycles. The smallest absolute Gasteiger partial charge is 0.300 e. The number of aliphatic hydroxyl groups is 1. The second-order valence-corrected chi connectivity index (χ2v) is 8.04. The summed E-state index contributed by atoms with van der Waals surface area (Å²) in [6.07, 6.45) is 0. The maximum absolute atomic E-state index is 13.2. The van der Waals surface area contributed by atoms with Gasteiger partial charge in [-0.2, -0.15) is 0 Å². The number of aliphatic hydroxyl groups excluding tert-OH is 1. The van der Waals surface area contributed by atoms with Gasteiger partial charge in [0.15, 0.2) is 0 Å². The van der Waals surface area contributed by atoms with Crippen LogP contribution in [0.25, 0.3) is 5.76 Å². The molecule has 1 fully saturated rings. The van der Waals surface area contributed by atoms with Crippen molar-refractivity contribution in [3.8, 4) is 17.2 Å². The first-order valence-corrected chi connectivity index (χ1v) is 11.0. The fourth-order valence-corrected chi connectivity index (χ4v) is 4.12. The number of hydrogen-bond donors (Lipinski definition) is 2.